The van der Waals surface area contributed by atoms with Crippen molar-refractivity contribution in [1.82, 2.24) is 14.5 Å². The van der Waals surface area contributed by atoms with Crippen LogP contribution in [0.1, 0.15) is 44.8 Å². The van der Waals surface area contributed by atoms with Crippen LogP contribution in [0.4, 0.5) is 5.69 Å². The number of benzene rings is 1. The molecule has 0 radical (unpaired) electrons. The zero-order chi connectivity index (χ0) is 17.9. The van der Waals surface area contributed by atoms with Crippen molar-refractivity contribution in [2.24, 2.45) is 0 Å². The molecule has 0 aliphatic heterocycles. The van der Waals surface area contributed by atoms with Gasteiger partial charge >= 0.3 is 0 Å². The summed E-state index contributed by atoms with van der Waals surface area (Å²) in [7, 11) is 0. The van der Waals surface area contributed by atoms with Gasteiger partial charge in [-0.1, -0.05) is 12.1 Å². The molecular formula is C20H20N4O2. The number of aromatic nitrogens is 3. The zero-order valence-corrected chi connectivity index (χ0v) is 14.4. The molecule has 0 atom stereocenters. The number of H-pyrrole nitrogens is 1. The Morgan fingerprint density at radius 3 is 2.85 bits per heavy atom. The summed E-state index contributed by atoms with van der Waals surface area (Å²) < 4.78 is 2.03. The maximum absolute atomic E-state index is 12.6. The fourth-order valence-corrected chi connectivity index (χ4v) is 3.34. The van der Waals surface area contributed by atoms with Crippen LogP contribution in [0.3, 0.4) is 0 Å². The SMILES string of the molecule is O=C(Nc1ccc(CCn2ccnc2)cc1)c1c[nH]c2c1C(=O)CCC2. The second-order valence-corrected chi connectivity index (χ2v) is 6.53. The van der Waals surface area contributed by atoms with Gasteiger partial charge in [0.15, 0.2) is 5.78 Å². The number of nitrogens with zero attached hydrogens (tertiary/aromatic N) is 2. The lowest BCUT2D eigenvalue weighted by Crippen LogP contribution is -2.17. The first-order valence-electron chi connectivity index (χ1n) is 8.80. The van der Waals surface area contributed by atoms with Crippen LogP contribution < -0.4 is 5.32 Å². The highest BCUT2D eigenvalue weighted by atomic mass is 16.2. The third kappa shape index (κ3) is 3.31. The first kappa shape index (κ1) is 16.3. The van der Waals surface area contributed by atoms with Crippen LogP contribution >= 0.6 is 0 Å². The molecule has 4 rings (SSSR count). The van der Waals surface area contributed by atoms with E-state index in [-0.39, 0.29) is 11.7 Å². The van der Waals surface area contributed by atoms with E-state index in [2.05, 4.69) is 15.3 Å². The minimum atomic E-state index is -0.246. The van der Waals surface area contributed by atoms with Crippen molar-refractivity contribution in [3.8, 4) is 0 Å². The molecule has 2 heterocycles. The van der Waals surface area contributed by atoms with Crippen molar-refractivity contribution >= 4 is 17.4 Å². The fraction of sp³-hybridized carbons (Fsp3) is 0.250. The Bertz CT molecular complexity index is 923. The summed E-state index contributed by atoms with van der Waals surface area (Å²) in [4.78, 5) is 31.8. The number of fused-ring (bicyclic) bond motifs is 1. The number of carbonyl (C=O) groups is 2. The van der Waals surface area contributed by atoms with E-state index in [1.54, 1.807) is 18.7 Å². The van der Waals surface area contributed by atoms with E-state index >= 15 is 0 Å². The molecule has 3 aromatic rings. The van der Waals surface area contributed by atoms with Crippen LogP contribution in [-0.4, -0.2) is 26.2 Å². The largest absolute Gasteiger partial charge is 0.364 e. The summed E-state index contributed by atoms with van der Waals surface area (Å²) in [5.41, 5.74) is 3.78. The number of amides is 1. The molecule has 1 aliphatic rings. The molecule has 6 heteroatoms. The van der Waals surface area contributed by atoms with Gasteiger partial charge in [0.2, 0.25) is 0 Å². The number of anilines is 1. The number of carbonyl (C=O) groups excluding carboxylic acids is 2. The van der Waals surface area contributed by atoms with E-state index in [1.165, 1.54) is 5.56 Å². The van der Waals surface area contributed by atoms with Crippen LogP contribution in [0.5, 0.6) is 0 Å². The Labute approximate surface area is 151 Å². The van der Waals surface area contributed by atoms with Crippen LogP contribution in [0.2, 0.25) is 0 Å². The van der Waals surface area contributed by atoms with E-state index in [1.807, 2.05) is 35.0 Å². The quantitative estimate of drug-likeness (QED) is 0.743. The molecular weight excluding hydrogens is 328 g/mol. The van der Waals surface area contributed by atoms with E-state index in [0.29, 0.717) is 17.5 Å². The predicted molar refractivity (Wildman–Crippen MR) is 98.4 cm³/mol. The summed E-state index contributed by atoms with van der Waals surface area (Å²) in [6.07, 6.45) is 10.2. The lowest BCUT2D eigenvalue weighted by atomic mass is 9.93. The summed E-state index contributed by atoms with van der Waals surface area (Å²) >= 11 is 0. The summed E-state index contributed by atoms with van der Waals surface area (Å²) in [5.74, 6) is -0.198. The van der Waals surface area contributed by atoms with Crippen LogP contribution in [0.25, 0.3) is 0 Å². The van der Waals surface area contributed by atoms with Gasteiger partial charge in [0.1, 0.15) is 0 Å². The number of hydrogen-bond donors (Lipinski definition) is 2. The Morgan fingerprint density at radius 1 is 1.23 bits per heavy atom. The number of imidazole rings is 1. The van der Waals surface area contributed by atoms with E-state index in [0.717, 1.165) is 37.2 Å². The Morgan fingerprint density at radius 2 is 2.08 bits per heavy atom. The van der Waals surface area contributed by atoms with Crippen molar-refractivity contribution in [3.63, 3.8) is 0 Å². The zero-order valence-electron chi connectivity index (χ0n) is 14.4. The molecule has 0 saturated heterocycles. The van der Waals surface area contributed by atoms with Gasteiger partial charge in [-0.15, -0.1) is 0 Å². The lowest BCUT2D eigenvalue weighted by molar-refractivity contribution is 0.0956. The molecule has 0 bridgehead atoms. The number of ketones is 1. The fourth-order valence-electron chi connectivity index (χ4n) is 3.34. The molecule has 0 fully saturated rings. The molecule has 1 aliphatic carbocycles. The second-order valence-electron chi connectivity index (χ2n) is 6.53. The maximum atomic E-state index is 12.6. The maximum Gasteiger partial charge on any atom is 0.257 e. The highest BCUT2D eigenvalue weighted by molar-refractivity contribution is 6.13. The van der Waals surface area contributed by atoms with Crippen LogP contribution in [-0.2, 0) is 19.4 Å². The molecule has 2 aromatic heterocycles. The Balaban J connectivity index is 1.42. The molecule has 132 valence electrons. The smallest absolute Gasteiger partial charge is 0.257 e. The van der Waals surface area contributed by atoms with Gasteiger partial charge in [-0.25, -0.2) is 4.98 Å². The number of aromatic amines is 1. The van der Waals surface area contributed by atoms with Gasteiger partial charge in [-0.3, -0.25) is 9.59 Å². The number of rotatable bonds is 5. The van der Waals surface area contributed by atoms with Crippen molar-refractivity contribution in [2.45, 2.75) is 32.2 Å². The monoisotopic (exact) mass is 348 g/mol. The number of hydrogen-bond acceptors (Lipinski definition) is 3. The first-order chi connectivity index (χ1) is 12.7. The standard InChI is InChI=1S/C20H20N4O2/c25-18-3-1-2-17-19(18)16(12-22-17)20(26)23-15-6-4-14(5-7-15)8-10-24-11-9-21-13-24/h4-7,9,11-13,22H,1-3,8,10H2,(H,23,26). The molecule has 0 saturated carbocycles. The Hall–Kier alpha value is -3.15. The molecule has 1 aromatic carbocycles. The lowest BCUT2D eigenvalue weighted by Gasteiger charge is -2.12. The van der Waals surface area contributed by atoms with Crippen molar-refractivity contribution < 1.29 is 9.59 Å². The van der Waals surface area contributed by atoms with Gasteiger partial charge < -0.3 is 14.9 Å². The van der Waals surface area contributed by atoms with E-state index < -0.39 is 0 Å². The van der Waals surface area contributed by atoms with Gasteiger partial charge in [-0.05, 0) is 37.0 Å². The molecule has 2 N–H and O–H groups in total. The molecule has 0 unspecified atom stereocenters. The van der Waals surface area contributed by atoms with Gasteiger partial charge in [0, 0.05) is 42.9 Å². The average molecular weight is 348 g/mol. The third-order valence-electron chi connectivity index (χ3n) is 4.75. The predicted octanol–water partition coefficient (Wildman–Crippen LogP) is 3.23. The second kappa shape index (κ2) is 7.00. The minimum absolute atomic E-state index is 0.0486. The molecule has 0 spiro atoms. The third-order valence-corrected chi connectivity index (χ3v) is 4.75. The number of Topliss-reactive ketones (excluding diaryl/α,β-unsaturated/α-hetero) is 1. The topological polar surface area (TPSA) is 79.8 Å². The number of aryl methyl sites for hydroxylation is 3. The van der Waals surface area contributed by atoms with E-state index in [4.69, 9.17) is 0 Å². The van der Waals surface area contributed by atoms with Gasteiger partial charge in [0.05, 0.1) is 17.5 Å². The molecule has 1 amide bonds. The van der Waals surface area contributed by atoms with Gasteiger partial charge in [0.25, 0.3) is 5.91 Å². The highest BCUT2D eigenvalue weighted by Gasteiger charge is 2.25. The van der Waals surface area contributed by atoms with E-state index in [9.17, 15) is 9.59 Å². The summed E-state index contributed by atoms with van der Waals surface area (Å²) in [5, 5.41) is 2.89. The first-order valence-corrected chi connectivity index (χ1v) is 8.80. The Kier molecular flexibility index (Phi) is 4.39. The minimum Gasteiger partial charge on any atom is -0.364 e. The highest BCUT2D eigenvalue weighted by Crippen LogP contribution is 2.24. The van der Waals surface area contributed by atoms with Crippen molar-refractivity contribution in [3.05, 3.63) is 71.6 Å². The average Bonchev–Trinajstić information content (AvgIpc) is 3.31. The summed E-state index contributed by atoms with van der Waals surface area (Å²) in [6, 6.07) is 7.79. The van der Waals surface area contributed by atoms with Crippen LogP contribution in [0, 0.1) is 0 Å². The summed E-state index contributed by atoms with van der Waals surface area (Å²) in [6.45, 7) is 0.864. The van der Waals surface area contributed by atoms with Crippen molar-refractivity contribution in [1.29, 1.82) is 0 Å². The van der Waals surface area contributed by atoms with Gasteiger partial charge in [-0.2, -0.15) is 0 Å². The van der Waals surface area contributed by atoms with Crippen molar-refractivity contribution in [2.75, 3.05) is 5.32 Å². The number of nitrogens with one attached hydrogen (secondary N) is 2. The van der Waals surface area contributed by atoms with Crippen LogP contribution in [0.15, 0.2) is 49.2 Å². The normalized spacial score (nSPS) is 13.5. The molecule has 6 nitrogen and oxygen atoms in total. The molecule has 26 heavy (non-hydrogen) atoms.